The maximum atomic E-state index is 4.24. The number of hydrogen-bond donors (Lipinski definition) is 1. The summed E-state index contributed by atoms with van der Waals surface area (Å²) in [5.74, 6) is 0. The van der Waals surface area contributed by atoms with Gasteiger partial charge in [0.15, 0.2) is 0 Å². The number of rotatable bonds is 5. The van der Waals surface area contributed by atoms with E-state index in [-0.39, 0.29) is 6.04 Å². The third kappa shape index (κ3) is 2.98. The Hall–Kier alpha value is -1.19. The molecule has 0 aliphatic rings. The molecule has 96 valence electrons. The van der Waals surface area contributed by atoms with Crippen molar-refractivity contribution in [1.82, 2.24) is 10.3 Å². The first kappa shape index (κ1) is 13.2. The Morgan fingerprint density at radius 2 is 2.22 bits per heavy atom. The fraction of sp³-hybridized carbons (Fsp3) is 0.400. The quantitative estimate of drug-likeness (QED) is 0.883. The van der Waals surface area contributed by atoms with E-state index in [9.17, 15) is 0 Å². The van der Waals surface area contributed by atoms with E-state index in [0.29, 0.717) is 0 Å². The van der Waals surface area contributed by atoms with Crippen LogP contribution in [-0.4, -0.2) is 11.5 Å². The molecule has 0 aliphatic heterocycles. The predicted molar refractivity (Wildman–Crippen MR) is 78.2 cm³/mol. The molecule has 2 nitrogen and oxygen atoms in total. The highest BCUT2D eigenvalue weighted by atomic mass is 32.1. The number of thiophene rings is 1. The van der Waals surface area contributed by atoms with Gasteiger partial charge in [-0.05, 0) is 50.1 Å². The van der Waals surface area contributed by atoms with Crippen molar-refractivity contribution in [2.24, 2.45) is 0 Å². The molecule has 18 heavy (non-hydrogen) atoms. The summed E-state index contributed by atoms with van der Waals surface area (Å²) >= 11 is 1.87. The van der Waals surface area contributed by atoms with E-state index in [1.807, 2.05) is 29.8 Å². The first-order valence-electron chi connectivity index (χ1n) is 6.42. The average Bonchev–Trinajstić information content (AvgIpc) is 2.70. The summed E-state index contributed by atoms with van der Waals surface area (Å²) in [7, 11) is 0. The molecule has 0 spiro atoms. The second kappa shape index (κ2) is 6.12. The molecule has 2 aromatic heterocycles. The maximum absolute atomic E-state index is 4.24. The monoisotopic (exact) mass is 260 g/mol. The Labute approximate surface area is 113 Å². The Bertz CT molecular complexity index is 490. The van der Waals surface area contributed by atoms with E-state index in [2.05, 4.69) is 43.2 Å². The van der Waals surface area contributed by atoms with E-state index in [1.165, 1.54) is 20.9 Å². The summed E-state index contributed by atoms with van der Waals surface area (Å²) in [5, 5.41) is 3.62. The Kier molecular flexibility index (Phi) is 4.50. The van der Waals surface area contributed by atoms with Gasteiger partial charge in [0.25, 0.3) is 0 Å². The molecule has 0 saturated carbocycles. The minimum Gasteiger partial charge on any atom is -0.306 e. The summed E-state index contributed by atoms with van der Waals surface area (Å²) in [6.45, 7) is 7.58. The van der Waals surface area contributed by atoms with Crippen LogP contribution in [0.4, 0.5) is 0 Å². The standard InChI is InChI=1S/C15H20N2S/c1-4-7-17-15(13-6-5-8-16-10-13)14-9-11(2)18-12(14)3/h5-6,8-10,15,17H,4,7H2,1-3H3. The summed E-state index contributed by atoms with van der Waals surface area (Å²) in [6.07, 6.45) is 4.92. The molecule has 1 N–H and O–H groups in total. The minimum atomic E-state index is 0.267. The lowest BCUT2D eigenvalue weighted by molar-refractivity contribution is 0.596. The van der Waals surface area contributed by atoms with Gasteiger partial charge in [0.05, 0.1) is 6.04 Å². The topological polar surface area (TPSA) is 24.9 Å². The second-order valence-corrected chi connectivity index (χ2v) is 6.00. The van der Waals surface area contributed by atoms with Crippen molar-refractivity contribution in [3.05, 3.63) is 51.5 Å². The van der Waals surface area contributed by atoms with Gasteiger partial charge in [0, 0.05) is 22.1 Å². The lowest BCUT2D eigenvalue weighted by Gasteiger charge is -2.18. The molecule has 2 heterocycles. The molecule has 2 rings (SSSR count). The highest BCUT2D eigenvalue weighted by molar-refractivity contribution is 7.12. The van der Waals surface area contributed by atoms with Gasteiger partial charge in [0.1, 0.15) is 0 Å². The summed E-state index contributed by atoms with van der Waals surface area (Å²) in [5.41, 5.74) is 2.63. The summed E-state index contributed by atoms with van der Waals surface area (Å²) in [4.78, 5) is 7.00. The molecule has 0 aromatic carbocycles. The number of hydrogen-bond acceptors (Lipinski definition) is 3. The van der Waals surface area contributed by atoms with Gasteiger partial charge in [-0.3, -0.25) is 4.98 Å². The molecular formula is C15H20N2S. The molecule has 2 aromatic rings. The first-order valence-corrected chi connectivity index (χ1v) is 7.24. The van der Waals surface area contributed by atoms with Crippen molar-refractivity contribution in [2.45, 2.75) is 33.2 Å². The lowest BCUT2D eigenvalue weighted by Crippen LogP contribution is -2.23. The molecule has 3 heteroatoms. The van der Waals surface area contributed by atoms with Crippen LogP contribution in [0.15, 0.2) is 30.6 Å². The highest BCUT2D eigenvalue weighted by Crippen LogP contribution is 2.30. The Morgan fingerprint density at radius 1 is 1.39 bits per heavy atom. The van der Waals surface area contributed by atoms with Crippen molar-refractivity contribution in [2.75, 3.05) is 6.54 Å². The van der Waals surface area contributed by atoms with Crippen molar-refractivity contribution in [3.63, 3.8) is 0 Å². The van der Waals surface area contributed by atoms with Crippen molar-refractivity contribution >= 4 is 11.3 Å². The van der Waals surface area contributed by atoms with Crippen LogP contribution in [0.2, 0.25) is 0 Å². The van der Waals surface area contributed by atoms with Crippen LogP contribution in [0.3, 0.4) is 0 Å². The van der Waals surface area contributed by atoms with Crippen molar-refractivity contribution < 1.29 is 0 Å². The van der Waals surface area contributed by atoms with E-state index in [4.69, 9.17) is 0 Å². The smallest absolute Gasteiger partial charge is 0.0602 e. The van der Waals surface area contributed by atoms with Gasteiger partial charge in [-0.1, -0.05) is 13.0 Å². The largest absolute Gasteiger partial charge is 0.306 e. The van der Waals surface area contributed by atoms with Crippen LogP contribution in [-0.2, 0) is 0 Å². The van der Waals surface area contributed by atoms with Gasteiger partial charge in [-0.15, -0.1) is 11.3 Å². The average molecular weight is 260 g/mol. The Morgan fingerprint density at radius 3 is 2.78 bits per heavy atom. The fourth-order valence-corrected chi connectivity index (χ4v) is 3.14. The van der Waals surface area contributed by atoms with Crippen LogP contribution in [0.5, 0.6) is 0 Å². The normalized spacial score (nSPS) is 12.6. The minimum absolute atomic E-state index is 0.267. The van der Waals surface area contributed by atoms with Gasteiger partial charge >= 0.3 is 0 Å². The molecule has 0 amide bonds. The van der Waals surface area contributed by atoms with Gasteiger partial charge in [-0.25, -0.2) is 0 Å². The SMILES string of the molecule is CCCNC(c1cccnc1)c1cc(C)sc1C. The Balaban J connectivity index is 2.34. The third-order valence-corrected chi connectivity index (χ3v) is 3.99. The van der Waals surface area contributed by atoms with Gasteiger partial charge < -0.3 is 5.32 Å². The van der Waals surface area contributed by atoms with Crippen LogP contribution < -0.4 is 5.32 Å². The molecule has 0 bridgehead atoms. The third-order valence-electron chi connectivity index (χ3n) is 3.01. The summed E-state index contributed by atoms with van der Waals surface area (Å²) < 4.78 is 0. The zero-order chi connectivity index (χ0) is 13.0. The van der Waals surface area contributed by atoms with Gasteiger partial charge in [0.2, 0.25) is 0 Å². The molecule has 0 radical (unpaired) electrons. The highest BCUT2D eigenvalue weighted by Gasteiger charge is 2.17. The number of nitrogens with one attached hydrogen (secondary N) is 1. The van der Waals surface area contributed by atoms with Crippen molar-refractivity contribution in [1.29, 1.82) is 0 Å². The first-order chi connectivity index (χ1) is 8.72. The zero-order valence-electron chi connectivity index (χ0n) is 11.2. The number of aryl methyl sites for hydroxylation is 2. The number of aromatic nitrogens is 1. The molecular weight excluding hydrogens is 240 g/mol. The van der Waals surface area contributed by atoms with Gasteiger partial charge in [-0.2, -0.15) is 0 Å². The van der Waals surface area contributed by atoms with E-state index in [1.54, 1.807) is 0 Å². The van der Waals surface area contributed by atoms with Crippen LogP contribution in [0.1, 0.15) is 40.3 Å². The molecule has 1 atom stereocenters. The number of pyridine rings is 1. The van der Waals surface area contributed by atoms with Crippen LogP contribution in [0, 0.1) is 13.8 Å². The fourth-order valence-electron chi connectivity index (χ4n) is 2.18. The molecule has 1 unspecified atom stereocenters. The zero-order valence-corrected chi connectivity index (χ0v) is 12.1. The molecule has 0 aliphatic carbocycles. The lowest BCUT2D eigenvalue weighted by atomic mass is 10.0. The van der Waals surface area contributed by atoms with E-state index in [0.717, 1.165) is 13.0 Å². The summed E-state index contributed by atoms with van der Waals surface area (Å²) in [6, 6.07) is 6.71. The van der Waals surface area contributed by atoms with E-state index >= 15 is 0 Å². The number of nitrogens with zero attached hydrogens (tertiary/aromatic N) is 1. The van der Waals surface area contributed by atoms with Crippen LogP contribution in [0.25, 0.3) is 0 Å². The molecule has 0 fully saturated rings. The predicted octanol–water partition coefficient (Wildman–Crippen LogP) is 3.85. The molecule has 0 saturated heterocycles. The van der Waals surface area contributed by atoms with Crippen molar-refractivity contribution in [3.8, 4) is 0 Å². The van der Waals surface area contributed by atoms with Crippen LogP contribution >= 0.6 is 11.3 Å². The maximum Gasteiger partial charge on any atom is 0.0602 e. The van der Waals surface area contributed by atoms with E-state index < -0.39 is 0 Å². The second-order valence-electron chi connectivity index (χ2n) is 4.54.